The van der Waals surface area contributed by atoms with Gasteiger partial charge in [-0.25, -0.2) is 24.1 Å². The lowest BCUT2D eigenvalue weighted by atomic mass is 10.1. The number of hydrogen-bond acceptors (Lipinski definition) is 9. The fourth-order valence-electron chi connectivity index (χ4n) is 3.93. The normalized spacial score (nSPS) is 14.5. The van der Waals surface area contributed by atoms with Crippen LogP contribution in [0.3, 0.4) is 0 Å². The molecule has 1 aliphatic rings. The Labute approximate surface area is 189 Å². The van der Waals surface area contributed by atoms with Crippen LogP contribution in [-0.2, 0) is 11.3 Å². The van der Waals surface area contributed by atoms with Crippen LogP contribution in [0, 0.1) is 0 Å². The minimum Gasteiger partial charge on any atom is -0.469 e. The fourth-order valence-corrected chi connectivity index (χ4v) is 3.93. The summed E-state index contributed by atoms with van der Waals surface area (Å²) in [6.45, 7) is 3.50. The number of fused-ring (bicyclic) bond motifs is 1. The number of nitrogens with zero attached hydrogens (tertiary/aromatic N) is 9. The molecule has 0 aliphatic carbocycles. The molecule has 1 aromatic carbocycles. The highest BCUT2D eigenvalue weighted by Crippen LogP contribution is 2.26. The first-order valence-corrected chi connectivity index (χ1v) is 10.8. The van der Waals surface area contributed by atoms with Gasteiger partial charge in [0, 0.05) is 13.1 Å². The quantitative estimate of drug-likeness (QED) is 0.435. The van der Waals surface area contributed by atoms with Crippen molar-refractivity contribution in [2.24, 2.45) is 0 Å². The predicted octanol–water partition coefficient (Wildman–Crippen LogP) is 2.17. The van der Waals surface area contributed by atoms with Crippen LogP contribution in [0.5, 0.6) is 5.88 Å². The van der Waals surface area contributed by atoms with Crippen LogP contribution in [0.25, 0.3) is 16.7 Å². The van der Waals surface area contributed by atoms with E-state index in [1.165, 1.54) is 6.33 Å². The Bertz CT molecular complexity index is 1230. The summed E-state index contributed by atoms with van der Waals surface area (Å²) < 4.78 is 14.6. The van der Waals surface area contributed by atoms with Crippen LogP contribution >= 0.6 is 0 Å². The number of ether oxygens (including phenoxy) is 2. The van der Waals surface area contributed by atoms with Crippen molar-refractivity contribution in [3.05, 3.63) is 48.7 Å². The molecule has 33 heavy (non-hydrogen) atoms. The maximum absolute atomic E-state index is 11.9. The molecular formula is C21H23N9O3. The van der Waals surface area contributed by atoms with Crippen LogP contribution < -0.4 is 4.74 Å². The second-order valence-electron chi connectivity index (χ2n) is 7.55. The zero-order valence-corrected chi connectivity index (χ0v) is 18.1. The molecule has 1 saturated heterocycles. The third-order valence-electron chi connectivity index (χ3n) is 5.57. The number of tetrazole rings is 1. The molecule has 1 fully saturated rings. The lowest BCUT2D eigenvalue weighted by Gasteiger charge is -2.31. The van der Waals surface area contributed by atoms with Crippen molar-refractivity contribution in [2.75, 3.05) is 19.7 Å². The van der Waals surface area contributed by atoms with Crippen molar-refractivity contribution in [1.82, 2.24) is 44.9 Å². The van der Waals surface area contributed by atoms with E-state index in [0.29, 0.717) is 42.4 Å². The molecule has 1 amide bonds. The van der Waals surface area contributed by atoms with Crippen molar-refractivity contribution in [2.45, 2.75) is 32.4 Å². The summed E-state index contributed by atoms with van der Waals surface area (Å²) in [4.78, 5) is 22.3. The van der Waals surface area contributed by atoms with Gasteiger partial charge in [0.2, 0.25) is 5.88 Å². The molecule has 3 aromatic heterocycles. The maximum Gasteiger partial charge on any atom is 0.409 e. The number of aromatic nitrogens is 8. The number of piperidine rings is 1. The average molecular weight is 449 g/mol. The Balaban J connectivity index is 1.29. The molecule has 4 heterocycles. The van der Waals surface area contributed by atoms with Gasteiger partial charge in [0.1, 0.15) is 11.7 Å². The van der Waals surface area contributed by atoms with Gasteiger partial charge in [0.05, 0.1) is 24.5 Å². The summed E-state index contributed by atoms with van der Waals surface area (Å²) in [5, 5.41) is 17.3. The summed E-state index contributed by atoms with van der Waals surface area (Å²) in [7, 11) is 0. The van der Waals surface area contributed by atoms with E-state index in [-0.39, 0.29) is 18.7 Å². The van der Waals surface area contributed by atoms with Crippen LogP contribution in [0.1, 0.15) is 31.6 Å². The third-order valence-corrected chi connectivity index (χ3v) is 5.57. The van der Waals surface area contributed by atoms with Crippen molar-refractivity contribution < 1.29 is 14.3 Å². The molecule has 170 valence electrons. The highest BCUT2D eigenvalue weighted by Gasteiger charge is 2.27. The van der Waals surface area contributed by atoms with E-state index in [4.69, 9.17) is 9.47 Å². The second kappa shape index (κ2) is 9.18. The lowest BCUT2D eigenvalue weighted by molar-refractivity contribution is 0.0906. The molecule has 1 aliphatic heterocycles. The van der Waals surface area contributed by atoms with Crippen LogP contribution in [0.15, 0.2) is 42.9 Å². The molecule has 12 heteroatoms. The molecule has 0 bridgehead atoms. The molecule has 0 N–H and O–H groups in total. The SMILES string of the molecule is CCOC(=O)N1CCC(n2nnnc2COc2ncnc3c2cnn3-c2ccccc2)CC1. The molecule has 4 aromatic rings. The van der Waals surface area contributed by atoms with Gasteiger partial charge in [-0.1, -0.05) is 18.2 Å². The second-order valence-corrected chi connectivity index (χ2v) is 7.55. The van der Waals surface area contributed by atoms with Gasteiger partial charge in [-0.2, -0.15) is 5.10 Å². The molecule has 0 saturated carbocycles. The van der Waals surface area contributed by atoms with Gasteiger partial charge in [-0.05, 0) is 42.3 Å². The molecule has 5 rings (SSSR count). The number of carbonyl (C=O) groups excluding carboxylic acids is 1. The molecular weight excluding hydrogens is 426 g/mol. The van der Waals surface area contributed by atoms with Crippen molar-refractivity contribution >= 4 is 17.1 Å². The number of likely N-dealkylation sites (tertiary alicyclic amines) is 1. The van der Waals surface area contributed by atoms with E-state index in [9.17, 15) is 4.79 Å². The lowest BCUT2D eigenvalue weighted by Crippen LogP contribution is -2.39. The first-order chi connectivity index (χ1) is 16.2. The monoisotopic (exact) mass is 449 g/mol. The molecule has 0 atom stereocenters. The van der Waals surface area contributed by atoms with E-state index in [2.05, 4.69) is 30.6 Å². The maximum atomic E-state index is 11.9. The highest BCUT2D eigenvalue weighted by atomic mass is 16.6. The number of rotatable bonds is 6. The van der Waals surface area contributed by atoms with E-state index in [1.807, 2.05) is 30.3 Å². The van der Waals surface area contributed by atoms with Crippen LogP contribution in [-0.4, -0.2) is 70.6 Å². The van der Waals surface area contributed by atoms with Crippen molar-refractivity contribution in [3.63, 3.8) is 0 Å². The Kier molecular flexibility index (Phi) is 5.79. The molecule has 0 radical (unpaired) electrons. The summed E-state index contributed by atoms with van der Waals surface area (Å²) in [6.07, 6.45) is 4.33. The van der Waals surface area contributed by atoms with Crippen molar-refractivity contribution in [3.8, 4) is 11.6 Å². The minimum atomic E-state index is -0.278. The first-order valence-electron chi connectivity index (χ1n) is 10.8. The standard InChI is InChI=1S/C21H23N9O3/c1-2-32-21(31)28-10-8-16(9-11-28)29-18(25-26-27-29)13-33-20-17-12-24-30(19(17)22-14-23-20)15-6-4-3-5-7-15/h3-7,12,14,16H,2,8-11,13H2,1H3. The predicted molar refractivity (Wildman–Crippen MR) is 116 cm³/mol. The van der Waals surface area contributed by atoms with E-state index >= 15 is 0 Å². The van der Waals surface area contributed by atoms with Gasteiger partial charge in [-0.15, -0.1) is 5.10 Å². The molecule has 0 spiro atoms. The molecule has 0 unspecified atom stereocenters. The zero-order chi connectivity index (χ0) is 22.6. The van der Waals surface area contributed by atoms with Crippen LogP contribution in [0.2, 0.25) is 0 Å². The Morgan fingerprint density at radius 3 is 2.76 bits per heavy atom. The largest absolute Gasteiger partial charge is 0.469 e. The summed E-state index contributed by atoms with van der Waals surface area (Å²) in [6, 6.07) is 9.82. The topological polar surface area (TPSA) is 126 Å². The summed E-state index contributed by atoms with van der Waals surface area (Å²) >= 11 is 0. The number of hydrogen-bond donors (Lipinski definition) is 0. The number of carbonyl (C=O) groups is 1. The molecule has 12 nitrogen and oxygen atoms in total. The van der Waals surface area contributed by atoms with Gasteiger partial charge < -0.3 is 14.4 Å². The zero-order valence-electron chi connectivity index (χ0n) is 18.1. The van der Waals surface area contributed by atoms with E-state index in [0.717, 1.165) is 18.5 Å². The van der Waals surface area contributed by atoms with Gasteiger partial charge in [-0.3, -0.25) is 0 Å². The van der Waals surface area contributed by atoms with E-state index < -0.39 is 0 Å². The highest BCUT2D eigenvalue weighted by molar-refractivity contribution is 5.81. The fraction of sp³-hybridized carbons (Fsp3) is 0.381. The summed E-state index contributed by atoms with van der Waals surface area (Å²) in [5.74, 6) is 1.00. The third kappa shape index (κ3) is 4.19. The smallest absolute Gasteiger partial charge is 0.409 e. The average Bonchev–Trinajstić information content (AvgIpc) is 3.51. The van der Waals surface area contributed by atoms with E-state index in [1.54, 1.807) is 27.4 Å². The first kappa shape index (κ1) is 20.8. The number of benzene rings is 1. The van der Waals surface area contributed by atoms with Gasteiger partial charge in [0.25, 0.3) is 0 Å². The van der Waals surface area contributed by atoms with Gasteiger partial charge in [0.15, 0.2) is 18.1 Å². The Morgan fingerprint density at radius 2 is 1.97 bits per heavy atom. The Hall–Kier alpha value is -4.09. The van der Waals surface area contributed by atoms with Crippen LogP contribution in [0.4, 0.5) is 4.79 Å². The van der Waals surface area contributed by atoms with Gasteiger partial charge >= 0.3 is 6.09 Å². The Morgan fingerprint density at radius 1 is 1.15 bits per heavy atom. The summed E-state index contributed by atoms with van der Waals surface area (Å²) in [5.41, 5.74) is 1.55. The van der Waals surface area contributed by atoms with Crippen molar-refractivity contribution in [1.29, 1.82) is 0 Å². The number of para-hydroxylation sites is 1. The number of amides is 1. The minimum absolute atomic E-state index is 0.0792.